The lowest BCUT2D eigenvalue weighted by molar-refractivity contribution is 0.0910. The zero-order valence-corrected chi connectivity index (χ0v) is 21.1. The number of ether oxygens (including phenoxy) is 1. The third-order valence-corrected chi connectivity index (χ3v) is 8.15. The first-order valence-electron chi connectivity index (χ1n) is 10.9. The Hall–Kier alpha value is -3.05. The lowest BCUT2D eigenvalue weighted by Crippen LogP contribution is -2.41. The van der Waals surface area contributed by atoms with Crippen molar-refractivity contribution >= 4 is 32.4 Å². The molecule has 4 rings (SSSR count). The van der Waals surface area contributed by atoms with E-state index in [9.17, 15) is 13.2 Å². The van der Waals surface area contributed by atoms with Crippen molar-refractivity contribution in [3.63, 3.8) is 0 Å². The van der Waals surface area contributed by atoms with Gasteiger partial charge in [-0.1, -0.05) is 6.07 Å². The number of hydrogen-bond donors (Lipinski definition) is 2. The Labute approximate surface area is 203 Å². The van der Waals surface area contributed by atoms with Crippen LogP contribution in [0.1, 0.15) is 55.2 Å². The molecule has 0 aliphatic heterocycles. The number of thiazole rings is 1. The Morgan fingerprint density at radius 2 is 2.00 bits per heavy atom. The Kier molecular flexibility index (Phi) is 6.59. The molecule has 2 N–H and O–H groups in total. The van der Waals surface area contributed by atoms with Gasteiger partial charge in [-0.15, -0.1) is 11.3 Å². The number of benzene rings is 1. The summed E-state index contributed by atoms with van der Waals surface area (Å²) >= 11 is 1.20. The number of nitrogens with zero attached hydrogens (tertiary/aromatic N) is 3. The topological polar surface area (TPSA) is 123 Å². The van der Waals surface area contributed by atoms with Gasteiger partial charge in [0.2, 0.25) is 15.9 Å². The number of hydrogen-bond acceptors (Lipinski definition) is 8. The van der Waals surface area contributed by atoms with E-state index >= 15 is 0 Å². The first-order chi connectivity index (χ1) is 16.1. The quantitative estimate of drug-likeness (QED) is 0.456. The molecule has 2 heterocycles. The maximum Gasteiger partial charge on any atom is 0.252 e. The summed E-state index contributed by atoms with van der Waals surface area (Å²) < 4.78 is 32.3. The van der Waals surface area contributed by atoms with E-state index in [1.165, 1.54) is 11.3 Å². The zero-order chi connectivity index (χ0) is 24.5. The molecule has 11 heteroatoms. The third kappa shape index (κ3) is 5.36. The van der Waals surface area contributed by atoms with Crippen molar-refractivity contribution in [2.45, 2.75) is 51.3 Å². The van der Waals surface area contributed by atoms with E-state index < -0.39 is 15.6 Å². The lowest BCUT2D eigenvalue weighted by Gasteiger charge is -2.25. The molecule has 1 aliphatic carbocycles. The van der Waals surface area contributed by atoms with Gasteiger partial charge in [0.1, 0.15) is 0 Å². The first-order valence-corrected chi connectivity index (χ1v) is 13.4. The summed E-state index contributed by atoms with van der Waals surface area (Å²) in [6.45, 7) is 7.90. The Morgan fingerprint density at radius 1 is 1.24 bits per heavy atom. The van der Waals surface area contributed by atoms with Crippen LogP contribution in [0.5, 0.6) is 5.88 Å². The van der Waals surface area contributed by atoms with E-state index in [0.29, 0.717) is 47.4 Å². The molecular formula is C23H27N5O4S2. The SMILES string of the molecule is CCOc1cncc(-c2ccc(C(=O)NC(C)(C)c3csc(NS(=O)(=O)C4CC4)n3)c(C)c2)n1. The zero-order valence-electron chi connectivity index (χ0n) is 19.5. The summed E-state index contributed by atoms with van der Waals surface area (Å²) in [4.78, 5) is 26.1. The lowest BCUT2D eigenvalue weighted by atomic mass is 9.98. The number of anilines is 1. The highest BCUT2D eigenvalue weighted by molar-refractivity contribution is 7.93. The van der Waals surface area contributed by atoms with Crippen LogP contribution in [0.25, 0.3) is 11.3 Å². The summed E-state index contributed by atoms with van der Waals surface area (Å²) in [6.07, 6.45) is 4.57. The Balaban J connectivity index is 1.48. The number of aromatic nitrogens is 3. The van der Waals surface area contributed by atoms with Gasteiger partial charge in [0.05, 0.1) is 41.2 Å². The number of carbonyl (C=O) groups excluding carboxylic acids is 1. The van der Waals surface area contributed by atoms with Crippen LogP contribution in [0.2, 0.25) is 0 Å². The molecule has 1 aromatic carbocycles. The van der Waals surface area contributed by atoms with Crippen molar-refractivity contribution in [1.29, 1.82) is 0 Å². The van der Waals surface area contributed by atoms with Gasteiger partial charge in [0.15, 0.2) is 5.13 Å². The van der Waals surface area contributed by atoms with Gasteiger partial charge in [0, 0.05) is 16.5 Å². The van der Waals surface area contributed by atoms with Crippen LogP contribution in [0, 0.1) is 6.92 Å². The molecule has 0 atom stereocenters. The minimum absolute atomic E-state index is 0.253. The van der Waals surface area contributed by atoms with E-state index in [4.69, 9.17) is 4.74 Å². The minimum Gasteiger partial charge on any atom is -0.477 e. The van der Waals surface area contributed by atoms with Gasteiger partial charge in [-0.05, 0) is 58.2 Å². The minimum atomic E-state index is -3.38. The molecule has 0 unspecified atom stereocenters. The fraction of sp³-hybridized carbons (Fsp3) is 0.391. The Bertz CT molecular complexity index is 1320. The van der Waals surface area contributed by atoms with Crippen LogP contribution < -0.4 is 14.8 Å². The summed E-state index contributed by atoms with van der Waals surface area (Å²) in [6, 6.07) is 5.46. The van der Waals surface area contributed by atoms with Crippen molar-refractivity contribution in [3.05, 3.63) is 52.8 Å². The highest BCUT2D eigenvalue weighted by Gasteiger charge is 2.36. The van der Waals surface area contributed by atoms with E-state index in [1.807, 2.05) is 39.8 Å². The number of rotatable bonds is 9. The maximum absolute atomic E-state index is 13.1. The van der Waals surface area contributed by atoms with Gasteiger partial charge in [-0.2, -0.15) is 0 Å². The number of amides is 1. The smallest absolute Gasteiger partial charge is 0.252 e. The molecule has 0 radical (unpaired) electrons. The number of nitrogens with one attached hydrogen (secondary N) is 2. The van der Waals surface area contributed by atoms with E-state index in [0.717, 1.165) is 11.1 Å². The third-order valence-electron chi connectivity index (χ3n) is 5.43. The monoisotopic (exact) mass is 501 g/mol. The molecular weight excluding hydrogens is 474 g/mol. The molecule has 2 aromatic heterocycles. The molecule has 34 heavy (non-hydrogen) atoms. The second-order valence-electron chi connectivity index (χ2n) is 8.67. The Morgan fingerprint density at radius 3 is 2.68 bits per heavy atom. The highest BCUT2D eigenvalue weighted by atomic mass is 32.2. The molecule has 1 amide bonds. The van der Waals surface area contributed by atoms with E-state index in [-0.39, 0.29) is 11.2 Å². The largest absolute Gasteiger partial charge is 0.477 e. The predicted octanol–water partition coefficient (Wildman–Crippen LogP) is 3.88. The molecule has 3 aromatic rings. The fourth-order valence-corrected chi connectivity index (χ4v) is 5.86. The van der Waals surface area contributed by atoms with Crippen LogP contribution in [0.3, 0.4) is 0 Å². The van der Waals surface area contributed by atoms with Crippen molar-refractivity contribution in [3.8, 4) is 17.1 Å². The fourth-order valence-electron chi connectivity index (χ4n) is 3.39. The summed E-state index contributed by atoms with van der Waals surface area (Å²) in [5.74, 6) is 0.194. The maximum atomic E-state index is 13.1. The molecule has 0 spiro atoms. The standard InChI is InChI=1S/C23H27N5O4S2/c1-5-32-20-12-24-11-18(25-20)15-6-9-17(14(2)10-15)21(29)27-23(3,4)19-13-33-22(26-19)28-34(30,31)16-7-8-16/h6,9-13,16H,5,7-8H2,1-4H3,(H,26,28)(H,27,29). The molecule has 9 nitrogen and oxygen atoms in total. The second kappa shape index (κ2) is 9.30. The molecule has 1 saturated carbocycles. The van der Waals surface area contributed by atoms with E-state index in [2.05, 4.69) is 25.0 Å². The van der Waals surface area contributed by atoms with Crippen molar-refractivity contribution in [2.24, 2.45) is 0 Å². The van der Waals surface area contributed by atoms with Gasteiger partial charge < -0.3 is 10.1 Å². The van der Waals surface area contributed by atoms with E-state index in [1.54, 1.807) is 23.8 Å². The molecule has 1 aliphatic rings. The average molecular weight is 502 g/mol. The summed E-state index contributed by atoms with van der Waals surface area (Å²) in [5, 5.41) is 4.74. The molecule has 0 saturated heterocycles. The van der Waals surface area contributed by atoms with Crippen LogP contribution in [-0.4, -0.2) is 41.1 Å². The molecule has 1 fully saturated rings. The number of sulfonamides is 1. The highest BCUT2D eigenvalue weighted by Crippen LogP contribution is 2.32. The van der Waals surface area contributed by atoms with Crippen molar-refractivity contribution in [2.75, 3.05) is 11.3 Å². The number of carbonyl (C=O) groups is 1. The van der Waals surface area contributed by atoms with Crippen LogP contribution in [0.4, 0.5) is 5.13 Å². The van der Waals surface area contributed by atoms with Crippen molar-refractivity contribution < 1.29 is 17.9 Å². The molecule has 0 bridgehead atoms. The van der Waals surface area contributed by atoms with Gasteiger partial charge in [-0.3, -0.25) is 14.5 Å². The molecule has 180 valence electrons. The van der Waals surface area contributed by atoms with Crippen LogP contribution in [-0.2, 0) is 15.6 Å². The van der Waals surface area contributed by atoms with Gasteiger partial charge in [-0.25, -0.2) is 18.4 Å². The normalized spacial score (nSPS) is 14.0. The first kappa shape index (κ1) is 24.1. The van der Waals surface area contributed by atoms with Gasteiger partial charge in [0.25, 0.3) is 5.91 Å². The summed E-state index contributed by atoms with van der Waals surface area (Å²) in [5.41, 5.74) is 2.57. The second-order valence-corrected chi connectivity index (χ2v) is 11.5. The average Bonchev–Trinajstić information content (AvgIpc) is 3.54. The van der Waals surface area contributed by atoms with Crippen molar-refractivity contribution in [1.82, 2.24) is 20.3 Å². The number of aryl methyl sites for hydroxylation is 1. The van der Waals surface area contributed by atoms with Crippen LogP contribution in [0.15, 0.2) is 36.0 Å². The predicted molar refractivity (Wildman–Crippen MR) is 132 cm³/mol. The van der Waals surface area contributed by atoms with Gasteiger partial charge >= 0.3 is 0 Å². The van der Waals surface area contributed by atoms with Crippen LogP contribution >= 0.6 is 11.3 Å². The summed E-state index contributed by atoms with van der Waals surface area (Å²) in [7, 11) is -3.38.